The van der Waals surface area contributed by atoms with Crippen LogP contribution in [0.4, 0.5) is 0 Å². The Balaban J connectivity index is 1.99. The Bertz CT molecular complexity index is 499. The molecule has 1 amide bonds. The summed E-state index contributed by atoms with van der Waals surface area (Å²) in [5, 5.41) is 17.4. The van der Waals surface area contributed by atoms with Gasteiger partial charge in [-0.3, -0.25) is 4.79 Å². The van der Waals surface area contributed by atoms with E-state index < -0.39 is 24.5 Å². The first-order chi connectivity index (χ1) is 10.2. The van der Waals surface area contributed by atoms with E-state index in [1.807, 2.05) is 0 Å². The van der Waals surface area contributed by atoms with Crippen molar-refractivity contribution in [3.05, 3.63) is 16.1 Å². The highest BCUT2D eigenvalue weighted by Gasteiger charge is 2.24. The van der Waals surface area contributed by atoms with Gasteiger partial charge in [0.1, 0.15) is 5.69 Å². The highest BCUT2D eigenvalue weighted by atomic mass is 32.1. The molecule has 2 heterocycles. The lowest BCUT2D eigenvalue weighted by molar-refractivity contribution is -0.143. The zero-order valence-electron chi connectivity index (χ0n) is 11.8. The molecule has 116 valence electrons. The molecule has 0 saturated carbocycles. The molecule has 7 nitrogen and oxygen atoms in total. The minimum Gasteiger partial charge on any atom is -0.467 e. The molecule has 1 unspecified atom stereocenters. The van der Waals surface area contributed by atoms with E-state index in [4.69, 9.17) is 5.11 Å². The van der Waals surface area contributed by atoms with Gasteiger partial charge in [0.05, 0.1) is 18.7 Å². The largest absolute Gasteiger partial charge is 0.467 e. The smallest absolute Gasteiger partial charge is 0.330 e. The number of hydrogen-bond acceptors (Lipinski definition) is 7. The van der Waals surface area contributed by atoms with Crippen LogP contribution in [0.1, 0.15) is 34.3 Å². The van der Waals surface area contributed by atoms with Crippen LogP contribution >= 0.6 is 11.3 Å². The van der Waals surface area contributed by atoms with Gasteiger partial charge in [-0.25, -0.2) is 9.78 Å². The van der Waals surface area contributed by atoms with Gasteiger partial charge >= 0.3 is 5.97 Å². The standard InChI is InChI=1S/C13H19N3O4S/c1-20-13(19)9(6-17)15-11(18)10-7-21-12(16-10)8-2-4-14-5-3-8/h7-9,14,17H,2-6H2,1H3,(H,15,18). The predicted octanol–water partition coefficient (Wildman–Crippen LogP) is -0.126. The summed E-state index contributed by atoms with van der Waals surface area (Å²) < 4.78 is 4.50. The molecule has 1 aliphatic heterocycles. The predicted molar refractivity (Wildman–Crippen MR) is 77.3 cm³/mol. The Hall–Kier alpha value is -1.51. The van der Waals surface area contributed by atoms with Gasteiger partial charge in [0.2, 0.25) is 0 Å². The first-order valence-electron chi connectivity index (χ1n) is 6.81. The molecule has 1 aliphatic rings. The van der Waals surface area contributed by atoms with Gasteiger partial charge in [-0.1, -0.05) is 0 Å². The van der Waals surface area contributed by atoms with Crippen LogP contribution in [0.2, 0.25) is 0 Å². The van der Waals surface area contributed by atoms with Crippen LogP contribution in [0.15, 0.2) is 5.38 Å². The number of amides is 1. The number of aromatic nitrogens is 1. The quantitative estimate of drug-likeness (QED) is 0.655. The fourth-order valence-corrected chi connectivity index (χ4v) is 3.17. The van der Waals surface area contributed by atoms with Crippen molar-refractivity contribution >= 4 is 23.2 Å². The van der Waals surface area contributed by atoms with Crippen molar-refractivity contribution in [2.24, 2.45) is 0 Å². The minimum absolute atomic E-state index is 0.274. The van der Waals surface area contributed by atoms with E-state index in [1.165, 1.54) is 18.4 Å². The van der Waals surface area contributed by atoms with Crippen molar-refractivity contribution in [1.82, 2.24) is 15.6 Å². The van der Waals surface area contributed by atoms with E-state index in [-0.39, 0.29) is 5.69 Å². The van der Waals surface area contributed by atoms with Gasteiger partial charge < -0.3 is 20.5 Å². The van der Waals surface area contributed by atoms with Crippen LogP contribution in [-0.2, 0) is 9.53 Å². The van der Waals surface area contributed by atoms with Gasteiger partial charge in [0.15, 0.2) is 6.04 Å². The summed E-state index contributed by atoms with van der Waals surface area (Å²) in [6.07, 6.45) is 2.02. The van der Waals surface area contributed by atoms with Crippen LogP contribution in [0.25, 0.3) is 0 Å². The van der Waals surface area contributed by atoms with Crippen molar-refractivity contribution in [2.45, 2.75) is 24.8 Å². The second-order valence-corrected chi connectivity index (χ2v) is 5.72. The Kier molecular flexibility index (Phi) is 5.66. The molecule has 3 N–H and O–H groups in total. The third kappa shape index (κ3) is 3.99. The maximum absolute atomic E-state index is 12.0. The fourth-order valence-electron chi connectivity index (χ4n) is 2.20. The molecule has 8 heteroatoms. The molecule has 21 heavy (non-hydrogen) atoms. The second kappa shape index (κ2) is 7.48. The minimum atomic E-state index is -1.06. The molecule has 0 aromatic carbocycles. The van der Waals surface area contributed by atoms with E-state index in [2.05, 4.69) is 20.4 Å². The highest BCUT2D eigenvalue weighted by molar-refractivity contribution is 7.09. The molecule has 1 saturated heterocycles. The van der Waals surface area contributed by atoms with Gasteiger partial charge in [0.25, 0.3) is 5.91 Å². The average Bonchev–Trinajstić information content (AvgIpc) is 3.02. The molecule has 0 aliphatic carbocycles. The van der Waals surface area contributed by atoms with E-state index in [1.54, 1.807) is 5.38 Å². The number of esters is 1. The van der Waals surface area contributed by atoms with E-state index in [0.717, 1.165) is 30.9 Å². The number of aliphatic hydroxyl groups excluding tert-OH is 1. The van der Waals surface area contributed by atoms with Gasteiger partial charge in [-0.05, 0) is 25.9 Å². The van der Waals surface area contributed by atoms with E-state index in [9.17, 15) is 9.59 Å². The number of hydrogen-bond donors (Lipinski definition) is 3. The van der Waals surface area contributed by atoms with Crippen molar-refractivity contribution in [2.75, 3.05) is 26.8 Å². The number of nitrogens with one attached hydrogen (secondary N) is 2. The zero-order chi connectivity index (χ0) is 15.2. The summed E-state index contributed by atoms with van der Waals surface area (Å²) in [6.45, 7) is 1.41. The van der Waals surface area contributed by atoms with Crippen LogP contribution < -0.4 is 10.6 Å². The Morgan fingerprint density at radius 1 is 1.57 bits per heavy atom. The molecule has 2 rings (SSSR count). The summed E-state index contributed by atoms with van der Waals surface area (Å²) in [5.41, 5.74) is 0.274. The van der Waals surface area contributed by atoms with E-state index in [0.29, 0.717) is 5.92 Å². The topological polar surface area (TPSA) is 101 Å². The first kappa shape index (κ1) is 15.9. The molecular weight excluding hydrogens is 294 g/mol. The van der Waals surface area contributed by atoms with Crippen LogP contribution in [-0.4, -0.2) is 54.8 Å². The normalized spacial score (nSPS) is 17.2. The molecule has 0 spiro atoms. The number of carbonyl (C=O) groups excluding carboxylic acids is 2. The van der Waals surface area contributed by atoms with Gasteiger partial charge in [-0.2, -0.15) is 0 Å². The number of rotatable bonds is 5. The summed E-state index contributed by atoms with van der Waals surface area (Å²) in [6, 6.07) is -1.06. The van der Waals surface area contributed by atoms with E-state index >= 15 is 0 Å². The Labute approximate surface area is 126 Å². The lowest BCUT2D eigenvalue weighted by atomic mass is 9.99. The molecule has 0 bridgehead atoms. The lowest BCUT2D eigenvalue weighted by Crippen LogP contribution is -2.44. The molecule has 1 aromatic rings. The summed E-state index contributed by atoms with van der Waals surface area (Å²) in [7, 11) is 1.20. The van der Waals surface area contributed by atoms with Crippen LogP contribution in [0.3, 0.4) is 0 Å². The average molecular weight is 313 g/mol. The number of carbonyl (C=O) groups is 2. The number of nitrogens with zero attached hydrogens (tertiary/aromatic N) is 1. The van der Waals surface area contributed by atoms with Crippen LogP contribution in [0, 0.1) is 0 Å². The summed E-state index contributed by atoms with van der Waals surface area (Å²) in [5.74, 6) is -0.775. The molecule has 1 fully saturated rings. The monoisotopic (exact) mass is 313 g/mol. The van der Waals surface area contributed by atoms with Crippen molar-refractivity contribution < 1.29 is 19.4 Å². The van der Waals surface area contributed by atoms with Crippen molar-refractivity contribution in [3.8, 4) is 0 Å². The lowest BCUT2D eigenvalue weighted by Gasteiger charge is -2.20. The fraction of sp³-hybridized carbons (Fsp3) is 0.615. The highest BCUT2D eigenvalue weighted by Crippen LogP contribution is 2.27. The van der Waals surface area contributed by atoms with Crippen molar-refractivity contribution in [1.29, 1.82) is 0 Å². The molecule has 0 radical (unpaired) electrons. The SMILES string of the molecule is COC(=O)C(CO)NC(=O)c1csc(C2CCNCC2)n1. The number of ether oxygens (including phenoxy) is 1. The number of methoxy groups -OCH3 is 1. The summed E-state index contributed by atoms with van der Waals surface area (Å²) in [4.78, 5) is 27.7. The maximum atomic E-state index is 12.0. The number of thiazole rings is 1. The number of aliphatic hydroxyl groups is 1. The third-order valence-electron chi connectivity index (χ3n) is 3.42. The number of piperidine rings is 1. The van der Waals surface area contributed by atoms with Crippen molar-refractivity contribution in [3.63, 3.8) is 0 Å². The Morgan fingerprint density at radius 2 is 2.29 bits per heavy atom. The molecule has 1 atom stereocenters. The second-order valence-electron chi connectivity index (χ2n) is 4.83. The first-order valence-corrected chi connectivity index (χ1v) is 7.69. The van der Waals surface area contributed by atoms with Gasteiger partial charge in [0, 0.05) is 11.3 Å². The maximum Gasteiger partial charge on any atom is 0.330 e. The third-order valence-corrected chi connectivity index (χ3v) is 4.42. The summed E-state index contributed by atoms with van der Waals surface area (Å²) >= 11 is 1.45. The Morgan fingerprint density at radius 3 is 2.90 bits per heavy atom. The molecular formula is C13H19N3O4S. The zero-order valence-corrected chi connectivity index (χ0v) is 12.6. The van der Waals surface area contributed by atoms with Gasteiger partial charge in [-0.15, -0.1) is 11.3 Å². The van der Waals surface area contributed by atoms with Crippen LogP contribution in [0.5, 0.6) is 0 Å². The molecule has 1 aromatic heterocycles.